The number of rotatable bonds is 3. The summed E-state index contributed by atoms with van der Waals surface area (Å²) in [5.74, 6) is 0. The molecule has 2 aliphatic rings. The van der Waals surface area contributed by atoms with Crippen molar-refractivity contribution in [2.75, 3.05) is 26.2 Å². The molecule has 0 aromatic heterocycles. The molecule has 3 rings (SSSR count). The minimum Gasteiger partial charge on any atom is -0.298 e. The van der Waals surface area contributed by atoms with Crippen molar-refractivity contribution in [2.24, 2.45) is 0 Å². The molecule has 2 aliphatic heterocycles. The van der Waals surface area contributed by atoms with Crippen molar-refractivity contribution in [1.29, 1.82) is 5.26 Å². The second kappa shape index (κ2) is 5.76. The van der Waals surface area contributed by atoms with Gasteiger partial charge in [-0.05, 0) is 37.1 Å². The van der Waals surface area contributed by atoms with Crippen molar-refractivity contribution in [3.63, 3.8) is 0 Å². The molecular formula is C15H19N3O2S. The Hall–Kier alpha value is -1.42. The van der Waals surface area contributed by atoms with Crippen LogP contribution in [-0.4, -0.2) is 49.8 Å². The normalized spacial score (nSPS) is 23.7. The first-order chi connectivity index (χ1) is 10.1. The van der Waals surface area contributed by atoms with E-state index >= 15 is 0 Å². The Kier molecular flexibility index (Phi) is 3.98. The maximum Gasteiger partial charge on any atom is 0.243 e. The SMILES string of the molecule is N#CCc1ccc(S(=O)(=O)N2CCN3CCCC3C2)cc1. The molecule has 0 bridgehead atoms. The quantitative estimate of drug-likeness (QED) is 0.842. The Bertz CT molecular complexity index is 648. The molecule has 1 unspecified atom stereocenters. The summed E-state index contributed by atoms with van der Waals surface area (Å²) in [6, 6.07) is 9.12. The van der Waals surface area contributed by atoms with Gasteiger partial charge in [0.15, 0.2) is 0 Å². The van der Waals surface area contributed by atoms with E-state index in [1.807, 2.05) is 0 Å². The van der Waals surface area contributed by atoms with E-state index in [1.165, 1.54) is 6.42 Å². The Labute approximate surface area is 125 Å². The van der Waals surface area contributed by atoms with Crippen LogP contribution in [0.1, 0.15) is 18.4 Å². The summed E-state index contributed by atoms with van der Waals surface area (Å²) in [7, 11) is -3.41. The van der Waals surface area contributed by atoms with Gasteiger partial charge in [0.25, 0.3) is 0 Å². The number of piperazine rings is 1. The van der Waals surface area contributed by atoms with Crippen LogP contribution in [0.4, 0.5) is 0 Å². The molecule has 2 fully saturated rings. The number of hydrogen-bond acceptors (Lipinski definition) is 4. The number of benzene rings is 1. The number of hydrogen-bond donors (Lipinski definition) is 0. The molecule has 21 heavy (non-hydrogen) atoms. The number of sulfonamides is 1. The topological polar surface area (TPSA) is 64.4 Å². The zero-order valence-corrected chi connectivity index (χ0v) is 12.7. The van der Waals surface area contributed by atoms with Gasteiger partial charge in [0.1, 0.15) is 0 Å². The highest BCUT2D eigenvalue weighted by Gasteiger charge is 2.36. The van der Waals surface area contributed by atoms with Gasteiger partial charge in [-0.15, -0.1) is 0 Å². The molecule has 2 saturated heterocycles. The van der Waals surface area contributed by atoms with Crippen molar-refractivity contribution in [3.8, 4) is 6.07 Å². The average Bonchev–Trinajstić information content (AvgIpc) is 2.95. The fourth-order valence-electron chi connectivity index (χ4n) is 3.20. The Morgan fingerprint density at radius 3 is 2.67 bits per heavy atom. The van der Waals surface area contributed by atoms with Gasteiger partial charge in [-0.1, -0.05) is 12.1 Å². The Balaban J connectivity index is 1.78. The lowest BCUT2D eigenvalue weighted by Crippen LogP contribution is -2.51. The van der Waals surface area contributed by atoms with E-state index in [0.717, 1.165) is 25.1 Å². The molecule has 0 amide bonds. The fraction of sp³-hybridized carbons (Fsp3) is 0.533. The van der Waals surface area contributed by atoms with Gasteiger partial charge < -0.3 is 0 Å². The monoisotopic (exact) mass is 305 g/mol. The minimum atomic E-state index is -3.41. The first kappa shape index (κ1) is 14.5. The summed E-state index contributed by atoms with van der Waals surface area (Å²) >= 11 is 0. The molecule has 1 aromatic carbocycles. The second-order valence-corrected chi connectivity index (χ2v) is 7.61. The van der Waals surface area contributed by atoms with Gasteiger partial charge in [0.2, 0.25) is 10.0 Å². The predicted molar refractivity (Wildman–Crippen MR) is 79.1 cm³/mol. The molecule has 0 radical (unpaired) electrons. The summed E-state index contributed by atoms with van der Waals surface area (Å²) in [6.45, 7) is 3.10. The first-order valence-corrected chi connectivity index (χ1v) is 8.75. The third-order valence-electron chi connectivity index (χ3n) is 4.39. The third-order valence-corrected chi connectivity index (χ3v) is 6.27. The summed E-state index contributed by atoms with van der Waals surface area (Å²) in [5.41, 5.74) is 0.845. The summed E-state index contributed by atoms with van der Waals surface area (Å²) in [6.07, 6.45) is 2.57. The summed E-state index contributed by atoms with van der Waals surface area (Å²) < 4.78 is 27.0. The Morgan fingerprint density at radius 1 is 1.19 bits per heavy atom. The van der Waals surface area contributed by atoms with Crippen molar-refractivity contribution in [3.05, 3.63) is 29.8 Å². The zero-order chi connectivity index (χ0) is 14.9. The molecule has 5 nitrogen and oxygen atoms in total. The molecule has 6 heteroatoms. The first-order valence-electron chi connectivity index (χ1n) is 7.31. The average molecular weight is 305 g/mol. The van der Waals surface area contributed by atoms with Gasteiger partial charge >= 0.3 is 0 Å². The van der Waals surface area contributed by atoms with Gasteiger partial charge in [0.05, 0.1) is 17.4 Å². The number of nitriles is 1. The number of fused-ring (bicyclic) bond motifs is 1. The molecule has 0 aliphatic carbocycles. The van der Waals surface area contributed by atoms with E-state index < -0.39 is 10.0 Å². The van der Waals surface area contributed by atoms with Crippen LogP contribution in [0, 0.1) is 11.3 Å². The largest absolute Gasteiger partial charge is 0.298 e. The standard InChI is InChI=1S/C15H19N3O2S/c16-8-7-13-3-5-15(6-4-13)21(19,20)18-11-10-17-9-1-2-14(17)12-18/h3-6,14H,1-2,7,9-12H2. The minimum absolute atomic E-state index is 0.307. The molecule has 0 saturated carbocycles. The number of nitrogens with zero attached hydrogens (tertiary/aromatic N) is 3. The molecule has 1 atom stereocenters. The lowest BCUT2D eigenvalue weighted by atomic mass is 10.2. The third kappa shape index (κ3) is 2.82. The zero-order valence-electron chi connectivity index (χ0n) is 11.9. The van der Waals surface area contributed by atoms with Crippen molar-refractivity contribution >= 4 is 10.0 Å². The van der Waals surface area contributed by atoms with Crippen LogP contribution in [0.2, 0.25) is 0 Å². The highest BCUT2D eigenvalue weighted by Crippen LogP contribution is 2.25. The molecule has 2 heterocycles. The van der Waals surface area contributed by atoms with Crippen molar-refractivity contribution in [2.45, 2.75) is 30.2 Å². The van der Waals surface area contributed by atoms with Crippen LogP contribution in [0.25, 0.3) is 0 Å². The van der Waals surface area contributed by atoms with Crippen molar-refractivity contribution < 1.29 is 8.42 Å². The van der Waals surface area contributed by atoms with Crippen LogP contribution in [-0.2, 0) is 16.4 Å². The van der Waals surface area contributed by atoms with E-state index in [-0.39, 0.29) is 0 Å². The second-order valence-electron chi connectivity index (χ2n) is 5.67. The maximum atomic E-state index is 12.7. The van der Waals surface area contributed by atoms with E-state index in [1.54, 1.807) is 28.6 Å². The van der Waals surface area contributed by atoms with Gasteiger partial charge in [-0.25, -0.2) is 8.42 Å². The summed E-state index contributed by atoms with van der Waals surface area (Å²) in [4.78, 5) is 2.72. The van der Waals surface area contributed by atoms with Gasteiger partial charge in [-0.2, -0.15) is 9.57 Å². The molecular weight excluding hydrogens is 286 g/mol. The van der Waals surface area contributed by atoms with Gasteiger partial charge in [-0.3, -0.25) is 4.90 Å². The lowest BCUT2D eigenvalue weighted by Gasteiger charge is -2.36. The highest BCUT2D eigenvalue weighted by molar-refractivity contribution is 7.89. The maximum absolute atomic E-state index is 12.7. The van der Waals surface area contributed by atoms with Crippen molar-refractivity contribution in [1.82, 2.24) is 9.21 Å². The van der Waals surface area contributed by atoms with E-state index in [0.29, 0.717) is 30.4 Å². The lowest BCUT2D eigenvalue weighted by molar-refractivity contribution is 0.158. The van der Waals surface area contributed by atoms with Crippen LogP contribution in [0.3, 0.4) is 0 Å². The van der Waals surface area contributed by atoms with Crippen LogP contribution < -0.4 is 0 Å². The smallest absolute Gasteiger partial charge is 0.243 e. The van der Waals surface area contributed by atoms with E-state index in [2.05, 4.69) is 11.0 Å². The van der Waals surface area contributed by atoms with Gasteiger partial charge in [0, 0.05) is 25.7 Å². The highest BCUT2D eigenvalue weighted by atomic mass is 32.2. The van der Waals surface area contributed by atoms with E-state index in [4.69, 9.17) is 5.26 Å². The van der Waals surface area contributed by atoms with Crippen LogP contribution in [0.5, 0.6) is 0 Å². The molecule has 1 aromatic rings. The predicted octanol–water partition coefficient (Wildman–Crippen LogP) is 1.22. The molecule has 0 spiro atoms. The Morgan fingerprint density at radius 2 is 1.95 bits per heavy atom. The molecule has 112 valence electrons. The van der Waals surface area contributed by atoms with Crippen LogP contribution >= 0.6 is 0 Å². The molecule has 0 N–H and O–H groups in total. The van der Waals surface area contributed by atoms with E-state index in [9.17, 15) is 8.42 Å². The summed E-state index contributed by atoms with van der Waals surface area (Å²) in [5, 5.41) is 8.66. The van der Waals surface area contributed by atoms with Crippen LogP contribution in [0.15, 0.2) is 29.2 Å². The fourth-order valence-corrected chi connectivity index (χ4v) is 4.67.